The SMILES string of the molecule is CC1CN(c2ccc(-n3ccc(OCc4ccc(Cl)cn4)cc3=O)cn2)CC1N(C)C(=O)OC(C)(C)C. The van der Waals surface area contributed by atoms with Crippen LogP contribution in [0.3, 0.4) is 0 Å². The van der Waals surface area contributed by atoms with Gasteiger partial charge in [-0.3, -0.25) is 14.3 Å². The molecule has 1 amide bonds. The Balaban J connectivity index is 1.40. The van der Waals surface area contributed by atoms with E-state index < -0.39 is 5.60 Å². The highest BCUT2D eigenvalue weighted by Crippen LogP contribution is 2.27. The molecule has 4 heterocycles. The fraction of sp³-hybridized carbons (Fsp3) is 0.407. The lowest BCUT2D eigenvalue weighted by Crippen LogP contribution is -2.44. The molecule has 1 fully saturated rings. The van der Waals surface area contributed by atoms with E-state index in [0.29, 0.717) is 28.7 Å². The molecule has 4 rings (SSSR count). The van der Waals surface area contributed by atoms with Crippen LogP contribution in [0, 0.1) is 5.92 Å². The molecule has 0 bridgehead atoms. The van der Waals surface area contributed by atoms with Gasteiger partial charge in [-0.1, -0.05) is 18.5 Å². The first-order chi connectivity index (χ1) is 17.5. The number of nitrogens with zero attached hydrogens (tertiary/aromatic N) is 5. The number of ether oxygens (including phenoxy) is 2. The Morgan fingerprint density at radius 3 is 2.54 bits per heavy atom. The molecular weight excluding hydrogens is 494 g/mol. The summed E-state index contributed by atoms with van der Waals surface area (Å²) in [5, 5.41) is 0.554. The highest BCUT2D eigenvalue weighted by Gasteiger charge is 2.36. The van der Waals surface area contributed by atoms with Crippen LogP contribution >= 0.6 is 11.6 Å². The average molecular weight is 526 g/mol. The van der Waals surface area contributed by atoms with E-state index in [-0.39, 0.29) is 30.2 Å². The zero-order valence-corrected chi connectivity index (χ0v) is 22.5. The van der Waals surface area contributed by atoms with Crippen LogP contribution in [0.4, 0.5) is 10.6 Å². The molecule has 1 saturated heterocycles. The van der Waals surface area contributed by atoms with Gasteiger partial charge in [0.25, 0.3) is 5.56 Å². The summed E-state index contributed by atoms with van der Waals surface area (Å²) in [6, 6.07) is 10.4. The monoisotopic (exact) mass is 525 g/mol. The maximum absolute atomic E-state index is 12.7. The van der Waals surface area contributed by atoms with E-state index in [2.05, 4.69) is 21.8 Å². The van der Waals surface area contributed by atoms with E-state index in [1.165, 1.54) is 10.6 Å². The quantitative estimate of drug-likeness (QED) is 0.466. The van der Waals surface area contributed by atoms with Crippen LogP contribution < -0.4 is 15.2 Å². The Kier molecular flexibility index (Phi) is 7.73. The van der Waals surface area contributed by atoms with Gasteiger partial charge in [-0.25, -0.2) is 9.78 Å². The summed E-state index contributed by atoms with van der Waals surface area (Å²) in [4.78, 5) is 37.9. The highest BCUT2D eigenvalue weighted by atomic mass is 35.5. The molecule has 196 valence electrons. The van der Waals surface area contributed by atoms with Crippen molar-refractivity contribution in [2.75, 3.05) is 25.0 Å². The van der Waals surface area contributed by atoms with Crippen molar-refractivity contribution in [3.63, 3.8) is 0 Å². The first-order valence-corrected chi connectivity index (χ1v) is 12.5. The fourth-order valence-corrected chi connectivity index (χ4v) is 4.34. The van der Waals surface area contributed by atoms with Crippen LogP contribution in [0.5, 0.6) is 5.75 Å². The molecule has 2 atom stereocenters. The largest absolute Gasteiger partial charge is 0.487 e. The summed E-state index contributed by atoms with van der Waals surface area (Å²) >= 11 is 5.85. The molecule has 1 aliphatic rings. The van der Waals surface area contributed by atoms with Gasteiger partial charge in [0, 0.05) is 38.6 Å². The number of pyridine rings is 3. The van der Waals surface area contributed by atoms with Crippen molar-refractivity contribution in [1.29, 1.82) is 0 Å². The van der Waals surface area contributed by atoms with Crippen molar-refractivity contribution in [2.24, 2.45) is 5.92 Å². The zero-order chi connectivity index (χ0) is 26.7. The van der Waals surface area contributed by atoms with E-state index in [0.717, 1.165) is 12.4 Å². The molecule has 0 N–H and O–H groups in total. The number of hydrogen-bond acceptors (Lipinski definition) is 7. The second kappa shape index (κ2) is 10.8. The molecule has 9 nitrogen and oxygen atoms in total. The third kappa shape index (κ3) is 6.60. The summed E-state index contributed by atoms with van der Waals surface area (Å²) in [5.41, 5.74) is 0.587. The second-order valence-electron chi connectivity index (χ2n) is 10.2. The van der Waals surface area contributed by atoms with Crippen molar-refractivity contribution >= 4 is 23.5 Å². The van der Waals surface area contributed by atoms with E-state index in [1.807, 2.05) is 32.9 Å². The van der Waals surface area contributed by atoms with Gasteiger partial charge < -0.3 is 19.3 Å². The van der Waals surface area contributed by atoms with Crippen LogP contribution in [0.15, 0.2) is 59.8 Å². The Labute approximate surface area is 221 Å². The Hall–Kier alpha value is -3.59. The van der Waals surface area contributed by atoms with Crippen molar-refractivity contribution in [3.8, 4) is 11.4 Å². The first-order valence-electron chi connectivity index (χ1n) is 12.1. The normalized spacial score (nSPS) is 17.5. The van der Waals surface area contributed by atoms with Crippen LogP contribution in [-0.4, -0.2) is 57.3 Å². The molecule has 0 radical (unpaired) electrons. The molecule has 10 heteroatoms. The maximum Gasteiger partial charge on any atom is 0.410 e. The number of rotatable bonds is 6. The van der Waals surface area contributed by atoms with Crippen molar-refractivity contribution in [3.05, 3.63) is 76.1 Å². The van der Waals surface area contributed by atoms with Crippen LogP contribution in [0.2, 0.25) is 5.02 Å². The summed E-state index contributed by atoms with van der Waals surface area (Å²) in [6.45, 7) is 9.34. The molecule has 0 aliphatic carbocycles. The molecule has 0 spiro atoms. The molecule has 0 saturated carbocycles. The van der Waals surface area contributed by atoms with Crippen LogP contribution in [0.25, 0.3) is 5.69 Å². The van der Waals surface area contributed by atoms with Gasteiger partial charge in [0.2, 0.25) is 0 Å². The Morgan fingerprint density at radius 1 is 1.14 bits per heavy atom. The number of aromatic nitrogens is 3. The van der Waals surface area contributed by atoms with Crippen molar-refractivity contribution in [2.45, 2.75) is 45.9 Å². The van der Waals surface area contributed by atoms with Crippen molar-refractivity contribution < 1.29 is 14.3 Å². The minimum absolute atomic E-state index is 0.00885. The number of amides is 1. The minimum atomic E-state index is -0.541. The van der Waals surface area contributed by atoms with Gasteiger partial charge in [-0.2, -0.15) is 0 Å². The van der Waals surface area contributed by atoms with Gasteiger partial charge in [0.1, 0.15) is 23.8 Å². The number of anilines is 1. The number of hydrogen-bond donors (Lipinski definition) is 0. The van der Waals surface area contributed by atoms with E-state index >= 15 is 0 Å². The lowest BCUT2D eigenvalue weighted by molar-refractivity contribution is 0.0208. The van der Waals surface area contributed by atoms with E-state index in [4.69, 9.17) is 21.1 Å². The smallest absolute Gasteiger partial charge is 0.410 e. The highest BCUT2D eigenvalue weighted by molar-refractivity contribution is 6.30. The third-order valence-electron chi connectivity index (χ3n) is 6.15. The van der Waals surface area contributed by atoms with Crippen LogP contribution in [0.1, 0.15) is 33.4 Å². The average Bonchev–Trinajstić information content (AvgIpc) is 3.24. The lowest BCUT2D eigenvalue weighted by atomic mass is 10.1. The zero-order valence-electron chi connectivity index (χ0n) is 21.7. The standard InChI is InChI=1S/C27H32ClN5O4/c1-18-15-32(16-23(18)31(5)26(35)37-27(2,3)4)24-9-8-21(14-30-24)33-11-10-22(12-25(33)34)36-17-20-7-6-19(28)13-29-20/h6-14,18,23H,15-17H2,1-5H3. The molecule has 1 aliphatic heterocycles. The molecular formula is C27H32ClN5O4. The number of likely N-dealkylation sites (N-methyl/N-ethyl adjacent to an activating group) is 1. The predicted molar refractivity (Wildman–Crippen MR) is 143 cm³/mol. The summed E-state index contributed by atoms with van der Waals surface area (Å²) in [5.74, 6) is 1.49. The summed E-state index contributed by atoms with van der Waals surface area (Å²) in [6.07, 6.45) is 4.56. The van der Waals surface area contributed by atoms with E-state index in [1.54, 1.807) is 48.7 Å². The molecule has 3 aromatic heterocycles. The Bertz CT molecular complexity index is 1290. The summed E-state index contributed by atoms with van der Waals surface area (Å²) in [7, 11) is 1.78. The second-order valence-corrected chi connectivity index (χ2v) is 10.7. The molecule has 37 heavy (non-hydrogen) atoms. The predicted octanol–water partition coefficient (Wildman–Crippen LogP) is 4.55. The van der Waals surface area contributed by atoms with Gasteiger partial charge in [0.05, 0.1) is 28.6 Å². The number of carbonyl (C=O) groups excluding carboxylic acids is 1. The van der Waals surface area contributed by atoms with Gasteiger partial charge >= 0.3 is 6.09 Å². The maximum atomic E-state index is 12.7. The lowest BCUT2D eigenvalue weighted by Gasteiger charge is -2.30. The Morgan fingerprint density at radius 2 is 1.92 bits per heavy atom. The molecule has 0 aromatic carbocycles. The summed E-state index contributed by atoms with van der Waals surface area (Å²) < 4.78 is 12.7. The van der Waals surface area contributed by atoms with Gasteiger partial charge in [-0.05, 0) is 57.0 Å². The number of carbonyl (C=O) groups is 1. The van der Waals surface area contributed by atoms with Crippen molar-refractivity contribution in [1.82, 2.24) is 19.4 Å². The first kappa shape index (κ1) is 26.5. The fourth-order valence-electron chi connectivity index (χ4n) is 4.23. The topological polar surface area (TPSA) is 89.8 Å². The molecule has 2 unspecified atom stereocenters. The third-order valence-corrected chi connectivity index (χ3v) is 6.38. The minimum Gasteiger partial charge on any atom is -0.487 e. The van der Waals surface area contributed by atoms with E-state index in [9.17, 15) is 9.59 Å². The van der Waals surface area contributed by atoms with Crippen LogP contribution in [-0.2, 0) is 11.3 Å². The molecule has 3 aromatic rings. The van der Waals surface area contributed by atoms with Gasteiger partial charge in [-0.15, -0.1) is 0 Å². The van der Waals surface area contributed by atoms with Gasteiger partial charge in [0.15, 0.2) is 0 Å². The number of halogens is 1.